The van der Waals surface area contributed by atoms with Crippen molar-refractivity contribution in [3.05, 3.63) is 63.7 Å². The summed E-state index contributed by atoms with van der Waals surface area (Å²) in [4.78, 5) is 22.7. The number of rotatable bonds is 8. The number of halogens is 3. The highest BCUT2D eigenvalue weighted by molar-refractivity contribution is 5.95. The van der Waals surface area contributed by atoms with Crippen LogP contribution in [0.5, 0.6) is 5.75 Å². The number of carbonyl (C=O) groups excluding carboxylic acids is 1. The van der Waals surface area contributed by atoms with E-state index in [2.05, 4.69) is 5.32 Å². The molecule has 1 N–H and O–H groups in total. The van der Waals surface area contributed by atoms with Gasteiger partial charge in [0.15, 0.2) is 6.61 Å². The Labute approximate surface area is 158 Å². The highest BCUT2D eigenvalue weighted by Gasteiger charge is 2.31. The average Bonchev–Trinajstić information content (AvgIpc) is 2.64. The maximum Gasteiger partial charge on any atom is 0.422 e. The van der Waals surface area contributed by atoms with E-state index in [1.54, 1.807) is 30.3 Å². The van der Waals surface area contributed by atoms with Gasteiger partial charge in [0.1, 0.15) is 17.0 Å². The Hall–Kier alpha value is -3.30. The van der Waals surface area contributed by atoms with Crippen molar-refractivity contribution in [3.63, 3.8) is 0 Å². The van der Waals surface area contributed by atoms with Crippen LogP contribution in [-0.2, 0) is 11.3 Å². The summed E-state index contributed by atoms with van der Waals surface area (Å²) < 4.78 is 47.1. The summed E-state index contributed by atoms with van der Waals surface area (Å²) in [6, 6.07) is 10.7. The summed E-state index contributed by atoms with van der Waals surface area (Å²) in [6.45, 7) is -0.0355. The summed E-state index contributed by atoms with van der Waals surface area (Å²) in [5.41, 5.74) is -0.232. The number of carbonyl (C=O) groups is 1. The first-order valence-electron chi connectivity index (χ1n) is 8.18. The molecule has 0 saturated heterocycles. The van der Waals surface area contributed by atoms with Gasteiger partial charge in [-0.2, -0.15) is 13.2 Å². The van der Waals surface area contributed by atoms with Gasteiger partial charge in [-0.3, -0.25) is 10.1 Å². The largest absolute Gasteiger partial charge is 0.483 e. The first kappa shape index (κ1) is 21.0. The molecule has 10 heteroatoms. The number of hydrogen-bond acceptors (Lipinski definition) is 6. The van der Waals surface area contributed by atoms with Gasteiger partial charge in [-0.1, -0.05) is 30.3 Å². The molecule has 0 atom stereocenters. The Kier molecular flexibility index (Phi) is 6.80. The molecule has 7 nitrogen and oxygen atoms in total. The normalized spacial score (nSPS) is 11.0. The highest BCUT2D eigenvalue weighted by atomic mass is 19.4. The van der Waals surface area contributed by atoms with Crippen molar-refractivity contribution >= 4 is 17.3 Å². The second kappa shape index (κ2) is 9.07. The predicted octanol–water partition coefficient (Wildman–Crippen LogP) is 4.32. The van der Waals surface area contributed by atoms with Crippen molar-refractivity contribution in [2.75, 3.05) is 18.5 Å². The van der Waals surface area contributed by atoms with Gasteiger partial charge < -0.3 is 14.8 Å². The van der Waals surface area contributed by atoms with Crippen LogP contribution in [0.15, 0.2) is 42.5 Å². The van der Waals surface area contributed by atoms with Crippen molar-refractivity contribution in [3.8, 4) is 5.75 Å². The molecule has 2 aromatic rings. The second-order valence-corrected chi connectivity index (χ2v) is 5.59. The number of nitrogens with zero attached hydrogens (tertiary/aromatic N) is 1. The fraction of sp³-hybridized carbons (Fsp3) is 0.278. The summed E-state index contributed by atoms with van der Waals surface area (Å²) in [6.07, 6.45) is -4.65. The summed E-state index contributed by atoms with van der Waals surface area (Å²) in [7, 11) is 0. The van der Waals surface area contributed by atoms with E-state index in [-0.39, 0.29) is 18.8 Å². The lowest BCUT2D eigenvalue weighted by Crippen LogP contribution is -2.21. The number of ether oxygens (including phenoxy) is 2. The molecule has 0 radical (unpaired) electrons. The minimum Gasteiger partial charge on any atom is -0.483 e. The van der Waals surface area contributed by atoms with E-state index in [1.807, 2.05) is 0 Å². The molecule has 0 aliphatic rings. The fourth-order valence-corrected chi connectivity index (χ4v) is 2.30. The van der Waals surface area contributed by atoms with E-state index in [9.17, 15) is 28.1 Å². The average molecular weight is 398 g/mol. The minimum atomic E-state index is -4.65. The zero-order valence-corrected chi connectivity index (χ0v) is 14.8. The summed E-state index contributed by atoms with van der Waals surface area (Å²) >= 11 is 0. The van der Waals surface area contributed by atoms with Crippen molar-refractivity contribution in [2.24, 2.45) is 0 Å². The lowest BCUT2D eigenvalue weighted by molar-refractivity contribution is -0.384. The van der Waals surface area contributed by atoms with Gasteiger partial charge >= 0.3 is 12.1 Å². The molecule has 28 heavy (non-hydrogen) atoms. The number of benzene rings is 2. The van der Waals surface area contributed by atoms with Crippen LogP contribution in [-0.4, -0.2) is 30.3 Å². The first-order chi connectivity index (χ1) is 13.2. The van der Waals surface area contributed by atoms with Crippen LogP contribution < -0.4 is 10.1 Å². The molecule has 0 aromatic heterocycles. The van der Waals surface area contributed by atoms with Crippen LogP contribution in [0.1, 0.15) is 22.8 Å². The molecule has 0 bridgehead atoms. The molecule has 0 aliphatic carbocycles. The molecule has 0 fully saturated rings. The topological polar surface area (TPSA) is 90.7 Å². The van der Waals surface area contributed by atoms with Gasteiger partial charge in [0.05, 0.1) is 11.5 Å². The Morgan fingerprint density at radius 1 is 1.21 bits per heavy atom. The lowest BCUT2D eigenvalue weighted by Gasteiger charge is -2.15. The number of esters is 1. The van der Waals surface area contributed by atoms with Crippen molar-refractivity contribution in [1.82, 2.24) is 0 Å². The van der Waals surface area contributed by atoms with Crippen molar-refractivity contribution in [1.29, 1.82) is 0 Å². The van der Waals surface area contributed by atoms with Gasteiger partial charge in [0.2, 0.25) is 0 Å². The molecular formula is C18H17F3N2O5. The Morgan fingerprint density at radius 3 is 2.46 bits per heavy atom. The predicted molar refractivity (Wildman–Crippen MR) is 94.4 cm³/mol. The molecule has 2 rings (SSSR count). The van der Waals surface area contributed by atoms with E-state index in [4.69, 9.17) is 9.47 Å². The minimum absolute atomic E-state index is 0.0562. The lowest BCUT2D eigenvalue weighted by atomic mass is 10.1. The van der Waals surface area contributed by atoms with Crippen LogP contribution in [0, 0.1) is 10.1 Å². The smallest absolute Gasteiger partial charge is 0.422 e. The quantitative estimate of drug-likeness (QED) is 0.405. The van der Waals surface area contributed by atoms with Gasteiger partial charge in [-0.15, -0.1) is 0 Å². The summed E-state index contributed by atoms with van der Waals surface area (Å²) in [5.74, 6) is -1.48. The number of hydrogen-bond donors (Lipinski definition) is 1. The summed E-state index contributed by atoms with van der Waals surface area (Å²) in [5, 5.41) is 14.2. The number of nitro benzene ring substituents is 1. The zero-order chi connectivity index (χ0) is 20.7. The third-order valence-electron chi connectivity index (χ3n) is 3.51. The van der Waals surface area contributed by atoms with Crippen LogP contribution in [0.25, 0.3) is 0 Å². The number of alkyl halides is 3. The number of nitrogens with one attached hydrogen (secondary N) is 1. The fourth-order valence-electron chi connectivity index (χ4n) is 2.30. The van der Waals surface area contributed by atoms with Crippen LogP contribution >= 0.6 is 0 Å². The van der Waals surface area contributed by atoms with Gasteiger partial charge in [-0.05, 0) is 12.5 Å². The maximum atomic E-state index is 12.5. The second-order valence-electron chi connectivity index (χ2n) is 5.59. The Balaban J connectivity index is 2.41. The Bertz CT molecular complexity index is 841. The molecule has 0 amide bonds. The van der Waals surface area contributed by atoms with E-state index in [0.29, 0.717) is 0 Å². The number of nitro groups is 1. The standard InChI is InChI=1S/C18H17F3N2O5/c1-2-27-17(24)13-8-15(23(25)26)14(9-16(13)28-11-18(19,20)21)22-10-12-6-4-3-5-7-12/h3-9,22H,2,10-11H2,1H3. The number of anilines is 1. The molecule has 0 unspecified atom stereocenters. The van der Waals surface area contributed by atoms with E-state index < -0.39 is 40.7 Å². The molecule has 0 heterocycles. The van der Waals surface area contributed by atoms with Crippen molar-refractivity contribution in [2.45, 2.75) is 19.6 Å². The monoisotopic (exact) mass is 398 g/mol. The zero-order valence-electron chi connectivity index (χ0n) is 14.8. The highest BCUT2D eigenvalue weighted by Crippen LogP contribution is 2.34. The molecule has 150 valence electrons. The van der Waals surface area contributed by atoms with Gasteiger partial charge in [-0.25, -0.2) is 4.79 Å². The molecule has 2 aromatic carbocycles. The maximum absolute atomic E-state index is 12.5. The van der Waals surface area contributed by atoms with E-state index in [1.165, 1.54) is 6.92 Å². The van der Waals surface area contributed by atoms with Crippen LogP contribution in [0.3, 0.4) is 0 Å². The van der Waals surface area contributed by atoms with Gasteiger partial charge in [0, 0.05) is 18.7 Å². The first-order valence-corrected chi connectivity index (χ1v) is 8.18. The van der Waals surface area contributed by atoms with Gasteiger partial charge in [0.25, 0.3) is 5.69 Å². The van der Waals surface area contributed by atoms with Crippen LogP contribution in [0.2, 0.25) is 0 Å². The molecular weight excluding hydrogens is 381 g/mol. The Morgan fingerprint density at radius 2 is 1.89 bits per heavy atom. The van der Waals surface area contributed by atoms with E-state index in [0.717, 1.165) is 17.7 Å². The van der Waals surface area contributed by atoms with Crippen LogP contribution in [0.4, 0.5) is 24.5 Å². The van der Waals surface area contributed by atoms with Crippen molar-refractivity contribution < 1.29 is 32.4 Å². The molecule has 0 aliphatic heterocycles. The third kappa shape index (κ3) is 5.86. The van der Waals surface area contributed by atoms with E-state index >= 15 is 0 Å². The molecule has 0 spiro atoms. The molecule has 0 saturated carbocycles. The SMILES string of the molecule is CCOC(=O)c1cc([N+](=O)[O-])c(NCc2ccccc2)cc1OCC(F)(F)F. The third-order valence-corrected chi connectivity index (χ3v) is 3.51.